The molecule has 0 aromatic rings. The average molecular weight is 101 g/mol. The topological polar surface area (TPSA) is 52.3 Å². The van der Waals surface area contributed by atoms with Crippen LogP contribution in [0.3, 0.4) is 0 Å². The third-order valence-electron chi connectivity index (χ3n) is 0.442. The van der Waals surface area contributed by atoms with E-state index in [1.807, 2.05) is 0 Å². The summed E-state index contributed by atoms with van der Waals surface area (Å²) < 4.78 is 0. The fraction of sp³-hybridized carbons (Fsp3) is 0.250. The molecule has 0 saturated heterocycles. The molecule has 0 aliphatic heterocycles. The molecule has 0 saturated carbocycles. The zero-order valence-corrected chi connectivity index (χ0v) is 3.89. The van der Waals surface area contributed by atoms with Gasteiger partial charge in [0, 0.05) is 0 Å². The minimum atomic E-state index is -0.463. The van der Waals surface area contributed by atoms with E-state index in [-0.39, 0.29) is 6.42 Å². The van der Waals surface area contributed by atoms with Crippen molar-refractivity contribution < 1.29 is 9.63 Å². The highest BCUT2D eigenvalue weighted by molar-refractivity contribution is 5.70. The minimum Gasteiger partial charge on any atom is -0.373 e. The molecule has 3 heteroatoms. The molecule has 0 spiro atoms. The third-order valence-corrected chi connectivity index (χ3v) is 0.442. The van der Waals surface area contributed by atoms with E-state index < -0.39 is 5.97 Å². The van der Waals surface area contributed by atoms with Gasteiger partial charge in [-0.2, -0.15) is 5.90 Å². The summed E-state index contributed by atoms with van der Waals surface area (Å²) in [5, 5.41) is 0. The van der Waals surface area contributed by atoms with Gasteiger partial charge in [0.15, 0.2) is 0 Å². The highest BCUT2D eigenvalue weighted by Crippen LogP contribution is 1.79. The molecular formula is C4H7NO2. The van der Waals surface area contributed by atoms with E-state index in [1.165, 1.54) is 6.08 Å². The summed E-state index contributed by atoms with van der Waals surface area (Å²) in [7, 11) is 0. The van der Waals surface area contributed by atoms with Crippen molar-refractivity contribution in [1.82, 2.24) is 0 Å². The average Bonchev–Trinajstić information content (AvgIpc) is 1.68. The van der Waals surface area contributed by atoms with Crippen LogP contribution < -0.4 is 5.90 Å². The van der Waals surface area contributed by atoms with Gasteiger partial charge in [0.05, 0.1) is 6.42 Å². The number of nitrogens with two attached hydrogens (primary N) is 1. The molecule has 0 radical (unpaired) electrons. The second-order valence-electron chi connectivity index (χ2n) is 0.983. The van der Waals surface area contributed by atoms with Gasteiger partial charge in [-0.1, -0.05) is 6.08 Å². The van der Waals surface area contributed by atoms with Crippen LogP contribution in [0.2, 0.25) is 0 Å². The molecule has 0 heterocycles. The molecule has 2 N–H and O–H groups in total. The predicted octanol–water partition coefficient (Wildman–Crippen LogP) is -0.0206. The lowest BCUT2D eigenvalue weighted by atomic mass is 10.4. The van der Waals surface area contributed by atoms with Gasteiger partial charge in [-0.25, -0.2) is 0 Å². The molecule has 3 nitrogen and oxygen atoms in total. The van der Waals surface area contributed by atoms with Gasteiger partial charge in [0.25, 0.3) is 0 Å². The molecule has 0 aromatic heterocycles. The zero-order valence-electron chi connectivity index (χ0n) is 3.89. The van der Waals surface area contributed by atoms with Crippen molar-refractivity contribution in [3.05, 3.63) is 12.7 Å². The normalized spacial score (nSPS) is 7.57. The van der Waals surface area contributed by atoms with Crippen LogP contribution in [0.1, 0.15) is 6.42 Å². The number of hydrogen-bond donors (Lipinski definition) is 1. The monoisotopic (exact) mass is 101 g/mol. The van der Waals surface area contributed by atoms with Gasteiger partial charge in [-0.15, -0.1) is 6.58 Å². The fourth-order valence-electron chi connectivity index (χ4n) is 0.166. The molecule has 0 aromatic carbocycles. The molecule has 0 atom stereocenters. The molecule has 0 rings (SSSR count). The lowest BCUT2D eigenvalue weighted by Crippen LogP contribution is -2.07. The maximum atomic E-state index is 9.99. The fourth-order valence-corrected chi connectivity index (χ4v) is 0.166. The van der Waals surface area contributed by atoms with Crippen molar-refractivity contribution in [1.29, 1.82) is 0 Å². The predicted molar refractivity (Wildman–Crippen MR) is 25.1 cm³/mol. The number of carbonyl (C=O) groups excluding carboxylic acids is 1. The minimum absolute atomic E-state index is 0.177. The Hall–Kier alpha value is -0.830. The molecule has 7 heavy (non-hydrogen) atoms. The highest BCUT2D eigenvalue weighted by atomic mass is 16.7. The van der Waals surface area contributed by atoms with E-state index >= 15 is 0 Å². The Morgan fingerprint density at radius 1 is 2.00 bits per heavy atom. The second kappa shape index (κ2) is 3.36. The maximum absolute atomic E-state index is 9.99. The summed E-state index contributed by atoms with van der Waals surface area (Å²) >= 11 is 0. The van der Waals surface area contributed by atoms with E-state index in [4.69, 9.17) is 0 Å². The second-order valence-corrected chi connectivity index (χ2v) is 0.983. The lowest BCUT2D eigenvalue weighted by Gasteiger charge is -1.87. The smallest absolute Gasteiger partial charge is 0.328 e. The van der Waals surface area contributed by atoms with E-state index in [9.17, 15) is 4.79 Å². The maximum Gasteiger partial charge on any atom is 0.328 e. The lowest BCUT2D eigenvalue weighted by molar-refractivity contribution is -0.143. The van der Waals surface area contributed by atoms with E-state index in [0.717, 1.165) is 0 Å². The molecule has 40 valence electrons. The largest absolute Gasteiger partial charge is 0.373 e. The molecule has 0 bridgehead atoms. The summed E-state index contributed by atoms with van der Waals surface area (Å²) in [5.74, 6) is 4.00. The Morgan fingerprint density at radius 2 is 2.57 bits per heavy atom. The van der Waals surface area contributed by atoms with Crippen LogP contribution >= 0.6 is 0 Å². The molecule has 0 amide bonds. The number of hydrogen-bond acceptors (Lipinski definition) is 3. The van der Waals surface area contributed by atoms with Crippen LogP contribution in [0, 0.1) is 0 Å². The van der Waals surface area contributed by atoms with Gasteiger partial charge in [0.1, 0.15) is 0 Å². The summed E-state index contributed by atoms with van der Waals surface area (Å²) in [6.07, 6.45) is 1.60. The first kappa shape index (κ1) is 6.17. The Kier molecular flexibility index (Phi) is 2.96. The Balaban J connectivity index is 3.17. The summed E-state index contributed by atoms with van der Waals surface area (Å²) in [6, 6.07) is 0. The van der Waals surface area contributed by atoms with Crippen molar-refractivity contribution >= 4 is 5.97 Å². The van der Waals surface area contributed by atoms with Crippen LogP contribution in [-0.4, -0.2) is 5.97 Å². The van der Waals surface area contributed by atoms with Gasteiger partial charge in [-0.05, 0) is 0 Å². The highest BCUT2D eigenvalue weighted by Gasteiger charge is 1.91. The standard InChI is InChI=1S/C4H7NO2/c1-2-3-4(6)7-5/h2H,1,3,5H2. The van der Waals surface area contributed by atoms with Crippen molar-refractivity contribution in [3.63, 3.8) is 0 Å². The SMILES string of the molecule is C=CCC(=O)ON. The Labute approximate surface area is 41.7 Å². The quantitative estimate of drug-likeness (QED) is 0.393. The Bertz CT molecular complexity index is 79.8. The van der Waals surface area contributed by atoms with Crippen LogP contribution in [-0.2, 0) is 9.63 Å². The number of rotatable bonds is 2. The summed E-state index contributed by atoms with van der Waals surface area (Å²) in [4.78, 5) is 13.8. The van der Waals surface area contributed by atoms with Gasteiger partial charge >= 0.3 is 5.97 Å². The summed E-state index contributed by atoms with van der Waals surface area (Å²) in [5.41, 5.74) is 0. The summed E-state index contributed by atoms with van der Waals surface area (Å²) in [6.45, 7) is 3.29. The van der Waals surface area contributed by atoms with Crippen molar-refractivity contribution in [3.8, 4) is 0 Å². The first-order valence-corrected chi connectivity index (χ1v) is 1.81. The molecule has 0 unspecified atom stereocenters. The van der Waals surface area contributed by atoms with Crippen LogP contribution in [0.15, 0.2) is 12.7 Å². The number of carbonyl (C=O) groups is 1. The van der Waals surface area contributed by atoms with Crippen LogP contribution in [0.5, 0.6) is 0 Å². The molecule has 0 aliphatic carbocycles. The first-order chi connectivity index (χ1) is 3.31. The van der Waals surface area contributed by atoms with Crippen LogP contribution in [0.25, 0.3) is 0 Å². The van der Waals surface area contributed by atoms with E-state index in [2.05, 4.69) is 17.3 Å². The van der Waals surface area contributed by atoms with Crippen molar-refractivity contribution in [2.24, 2.45) is 5.90 Å². The van der Waals surface area contributed by atoms with Crippen LogP contribution in [0.4, 0.5) is 0 Å². The third kappa shape index (κ3) is 2.99. The Morgan fingerprint density at radius 3 is 2.71 bits per heavy atom. The zero-order chi connectivity index (χ0) is 5.70. The van der Waals surface area contributed by atoms with Gasteiger partial charge in [0.2, 0.25) is 0 Å². The molecular weight excluding hydrogens is 94.0 g/mol. The molecule has 0 aliphatic rings. The van der Waals surface area contributed by atoms with Gasteiger partial charge < -0.3 is 4.84 Å². The first-order valence-electron chi connectivity index (χ1n) is 1.81. The van der Waals surface area contributed by atoms with E-state index in [1.54, 1.807) is 0 Å². The van der Waals surface area contributed by atoms with Gasteiger partial charge in [-0.3, -0.25) is 4.79 Å². The van der Waals surface area contributed by atoms with E-state index in [0.29, 0.717) is 0 Å². The van der Waals surface area contributed by atoms with Crippen molar-refractivity contribution in [2.45, 2.75) is 6.42 Å². The van der Waals surface area contributed by atoms with Crippen molar-refractivity contribution in [2.75, 3.05) is 0 Å². The molecule has 0 fully saturated rings.